The molecule has 4 heteroatoms. The molecule has 2 rings (SSSR count). The van der Waals surface area contributed by atoms with Crippen LogP contribution in [0.2, 0.25) is 5.02 Å². The summed E-state index contributed by atoms with van der Waals surface area (Å²) in [6.07, 6.45) is 2.90. The normalized spacial score (nSPS) is 17.9. The molecule has 1 heterocycles. The molecule has 1 N–H and O–H groups in total. The summed E-state index contributed by atoms with van der Waals surface area (Å²) in [5.41, 5.74) is 2.42. The fraction of sp³-hybridized carbons (Fsp3) is 0.529. The number of hydrogen-bond donors (Lipinski definition) is 1. The first-order valence-electron chi connectivity index (χ1n) is 7.52. The van der Waals surface area contributed by atoms with Crippen LogP contribution in [0.3, 0.4) is 0 Å². The van der Waals surface area contributed by atoms with Gasteiger partial charge in [0.1, 0.15) is 0 Å². The number of β-amino-alcohol motifs (C(OH)–C–C–N with tert-alkyl or cyclic N) is 1. The van der Waals surface area contributed by atoms with E-state index in [1.54, 1.807) is 0 Å². The lowest BCUT2D eigenvalue weighted by molar-refractivity contribution is -0.00723. The first kappa shape index (κ1) is 16.5. The molecule has 21 heavy (non-hydrogen) atoms. The lowest BCUT2D eigenvalue weighted by atomic mass is 9.99. The van der Waals surface area contributed by atoms with Crippen LogP contribution >= 0.6 is 11.6 Å². The predicted octanol–water partition coefficient (Wildman–Crippen LogP) is 3.22. The summed E-state index contributed by atoms with van der Waals surface area (Å²) >= 11 is 6.24. The highest BCUT2D eigenvalue weighted by Gasteiger charge is 2.17. The standard InChI is InChI=1S/C17H24ClNO2/c1-13(2)21-12-15(20)11-19-9-7-14(8-10-19)16-5-3-4-6-17(16)18/h3-7,13,15,20H,8-12H2,1-2H3. The Balaban J connectivity index is 1.86. The second-order valence-corrected chi connectivity index (χ2v) is 6.16. The van der Waals surface area contributed by atoms with Crippen LogP contribution in [0, 0.1) is 0 Å². The van der Waals surface area contributed by atoms with E-state index in [0.717, 1.165) is 30.1 Å². The molecule has 0 bridgehead atoms. The third-order valence-corrected chi connectivity index (χ3v) is 3.93. The summed E-state index contributed by atoms with van der Waals surface area (Å²) in [4.78, 5) is 2.24. The van der Waals surface area contributed by atoms with Gasteiger partial charge in [0, 0.05) is 24.7 Å². The van der Waals surface area contributed by atoms with Crippen LogP contribution in [-0.2, 0) is 4.74 Å². The maximum Gasteiger partial charge on any atom is 0.0900 e. The maximum atomic E-state index is 9.97. The summed E-state index contributed by atoms with van der Waals surface area (Å²) < 4.78 is 5.44. The van der Waals surface area contributed by atoms with Crippen molar-refractivity contribution in [3.8, 4) is 0 Å². The van der Waals surface area contributed by atoms with E-state index in [4.69, 9.17) is 16.3 Å². The van der Waals surface area contributed by atoms with Gasteiger partial charge in [-0.05, 0) is 37.5 Å². The van der Waals surface area contributed by atoms with Crippen LogP contribution in [0.4, 0.5) is 0 Å². The van der Waals surface area contributed by atoms with Gasteiger partial charge in [0.2, 0.25) is 0 Å². The highest BCUT2D eigenvalue weighted by Crippen LogP contribution is 2.28. The molecule has 116 valence electrons. The van der Waals surface area contributed by atoms with Crippen molar-refractivity contribution in [3.63, 3.8) is 0 Å². The highest BCUT2D eigenvalue weighted by atomic mass is 35.5. The Morgan fingerprint density at radius 2 is 2.10 bits per heavy atom. The first-order valence-corrected chi connectivity index (χ1v) is 7.90. The fourth-order valence-electron chi connectivity index (χ4n) is 2.50. The minimum absolute atomic E-state index is 0.160. The second-order valence-electron chi connectivity index (χ2n) is 5.75. The van der Waals surface area contributed by atoms with Gasteiger partial charge in [-0.25, -0.2) is 0 Å². The van der Waals surface area contributed by atoms with Gasteiger partial charge in [0.05, 0.1) is 18.8 Å². The largest absolute Gasteiger partial charge is 0.389 e. The van der Waals surface area contributed by atoms with Gasteiger partial charge in [-0.1, -0.05) is 35.9 Å². The summed E-state index contributed by atoms with van der Waals surface area (Å²) in [6, 6.07) is 7.96. The van der Waals surface area contributed by atoms with Crippen LogP contribution in [0.25, 0.3) is 5.57 Å². The van der Waals surface area contributed by atoms with Gasteiger partial charge in [0.25, 0.3) is 0 Å². The summed E-state index contributed by atoms with van der Waals surface area (Å²) in [5.74, 6) is 0. The first-order chi connectivity index (χ1) is 10.1. The number of halogens is 1. The van der Waals surface area contributed by atoms with Gasteiger partial charge in [0.15, 0.2) is 0 Å². The highest BCUT2D eigenvalue weighted by molar-refractivity contribution is 6.32. The molecule has 1 aromatic carbocycles. The smallest absolute Gasteiger partial charge is 0.0900 e. The fourth-order valence-corrected chi connectivity index (χ4v) is 2.75. The topological polar surface area (TPSA) is 32.7 Å². The number of aliphatic hydroxyl groups is 1. The third-order valence-electron chi connectivity index (χ3n) is 3.60. The summed E-state index contributed by atoms with van der Waals surface area (Å²) in [5, 5.41) is 10.8. The molecule has 0 aliphatic carbocycles. The van der Waals surface area contributed by atoms with Crippen LogP contribution in [-0.4, -0.2) is 48.5 Å². The van der Waals surface area contributed by atoms with E-state index < -0.39 is 6.10 Å². The van der Waals surface area contributed by atoms with E-state index in [2.05, 4.69) is 17.0 Å². The molecular weight excluding hydrogens is 286 g/mol. The molecule has 0 spiro atoms. The van der Waals surface area contributed by atoms with E-state index in [9.17, 15) is 5.11 Å². The van der Waals surface area contributed by atoms with Crippen molar-refractivity contribution < 1.29 is 9.84 Å². The van der Waals surface area contributed by atoms with Crippen molar-refractivity contribution >= 4 is 17.2 Å². The van der Waals surface area contributed by atoms with Crippen molar-refractivity contribution in [2.24, 2.45) is 0 Å². The molecule has 1 aliphatic heterocycles. The van der Waals surface area contributed by atoms with Crippen molar-refractivity contribution in [2.45, 2.75) is 32.5 Å². The molecule has 1 aromatic rings. The number of rotatable bonds is 6. The quantitative estimate of drug-likeness (QED) is 0.876. The van der Waals surface area contributed by atoms with E-state index in [0.29, 0.717) is 13.2 Å². The molecule has 0 saturated heterocycles. The lowest BCUT2D eigenvalue weighted by Crippen LogP contribution is -2.37. The van der Waals surface area contributed by atoms with Gasteiger partial charge in [-0.15, -0.1) is 0 Å². The Morgan fingerprint density at radius 3 is 2.71 bits per heavy atom. The summed E-state index contributed by atoms with van der Waals surface area (Å²) in [6.45, 7) is 6.79. The number of ether oxygens (including phenoxy) is 1. The number of hydrogen-bond acceptors (Lipinski definition) is 3. The monoisotopic (exact) mass is 309 g/mol. The van der Waals surface area contributed by atoms with E-state index in [-0.39, 0.29) is 6.10 Å². The van der Waals surface area contributed by atoms with Crippen molar-refractivity contribution in [3.05, 3.63) is 40.9 Å². The number of nitrogens with zero attached hydrogens (tertiary/aromatic N) is 1. The van der Waals surface area contributed by atoms with Crippen LogP contribution in [0.15, 0.2) is 30.3 Å². The Morgan fingerprint density at radius 1 is 1.33 bits per heavy atom. The molecule has 0 amide bonds. The number of aliphatic hydroxyl groups excluding tert-OH is 1. The zero-order valence-electron chi connectivity index (χ0n) is 12.8. The van der Waals surface area contributed by atoms with Gasteiger partial charge >= 0.3 is 0 Å². The molecule has 1 unspecified atom stereocenters. The SMILES string of the molecule is CC(C)OCC(O)CN1CC=C(c2ccccc2Cl)CC1. The minimum Gasteiger partial charge on any atom is -0.389 e. The van der Waals surface area contributed by atoms with E-state index >= 15 is 0 Å². The van der Waals surface area contributed by atoms with Crippen molar-refractivity contribution in [2.75, 3.05) is 26.2 Å². The second kappa shape index (κ2) is 7.95. The van der Waals surface area contributed by atoms with Crippen molar-refractivity contribution in [1.29, 1.82) is 0 Å². The zero-order chi connectivity index (χ0) is 15.2. The Labute approximate surface area is 132 Å². The van der Waals surface area contributed by atoms with Gasteiger partial charge in [-0.3, -0.25) is 4.90 Å². The van der Waals surface area contributed by atoms with Gasteiger partial charge in [-0.2, -0.15) is 0 Å². The van der Waals surface area contributed by atoms with E-state index in [1.807, 2.05) is 32.0 Å². The van der Waals surface area contributed by atoms with E-state index in [1.165, 1.54) is 5.57 Å². The maximum absolute atomic E-state index is 9.97. The average Bonchev–Trinajstić information content (AvgIpc) is 2.47. The average molecular weight is 310 g/mol. The van der Waals surface area contributed by atoms with Crippen LogP contribution < -0.4 is 0 Å². The number of benzene rings is 1. The third kappa shape index (κ3) is 5.11. The van der Waals surface area contributed by atoms with Crippen molar-refractivity contribution in [1.82, 2.24) is 4.90 Å². The molecule has 0 radical (unpaired) electrons. The predicted molar refractivity (Wildman–Crippen MR) is 87.6 cm³/mol. The van der Waals surface area contributed by atoms with Gasteiger partial charge < -0.3 is 9.84 Å². The molecular formula is C17H24ClNO2. The van der Waals surface area contributed by atoms with Crippen LogP contribution in [0.5, 0.6) is 0 Å². The van der Waals surface area contributed by atoms with Crippen LogP contribution in [0.1, 0.15) is 25.8 Å². The molecule has 0 aromatic heterocycles. The minimum atomic E-state index is -0.428. The Hall–Kier alpha value is -0.870. The molecule has 3 nitrogen and oxygen atoms in total. The lowest BCUT2D eigenvalue weighted by Gasteiger charge is -2.28. The molecule has 1 atom stereocenters. The molecule has 0 fully saturated rings. The molecule has 1 aliphatic rings. The Bertz CT molecular complexity index is 487. The Kier molecular flexibility index (Phi) is 6.24. The zero-order valence-corrected chi connectivity index (χ0v) is 13.5. The summed E-state index contributed by atoms with van der Waals surface area (Å²) in [7, 11) is 0. The molecule has 0 saturated carbocycles.